The summed E-state index contributed by atoms with van der Waals surface area (Å²) < 4.78 is 1.12. The fourth-order valence-electron chi connectivity index (χ4n) is 2.13. The van der Waals surface area contributed by atoms with E-state index in [1.807, 2.05) is 6.07 Å². The third kappa shape index (κ3) is 4.45. The van der Waals surface area contributed by atoms with Gasteiger partial charge in [0.15, 0.2) is 0 Å². The minimum atomic E-state index is 0.589. The molecular formula is C15H19BrN2. The second-order valence-electron chi connectivity index (χ2n) is 4.75. The Bertz CT molecular complexity index is 447. The Labute approximate surface area is 118 Å². The van der Waals surface area contributed by atoms with Crippen molar-refractivity contribution in [3.63, 3.8) is 0 Å². The summed E-state index contributed by atoms with van der Waals surface area (Å²) in [5.41, 5.74) is 1.27. The molecule has 2 rings (SSSR count). The molecule has 1 fully saturated rings. The van der Waals surface area contributed by atoms with Crippen LogP contribution in [0.15, 0.2) is 28.7 Å². The highest BCUT2D eigenvalue weighted by atomic mass is 79.9. The quantitative estimate of drug-likeness (QED) is 0.844. The predicted molar refractivity (Wildman–Crippen MR) is 79.5 cm³/mol. The molecule has 0 bridgehead atoms. The minimum Gasteiger partial charge on any atom is -0.312 e. The summed E-state index contributed by atoms with van der Waals surface area (Å²) in [4.78, 5) is 2.41. The van der Waals surface area contributed by atoms with Crippen molar-refractivity contribution < 1.29 is 0 Å². The van der Waals surface area contributed by atoms with Crippen molar-refractivity contribution in [3.05, 3.63) is 34.3 Å². The fraction of sp³-hybridized carbons (Fsp3) is 0.467. The van der Waals surface area contributed by atoms with Gasteiger partial charge in [0.25, 0.3) is 0 Å². The molecule has 1 aliphatic heterocycles. The van der Waals surface area contributed by atoms with Crippen molar-refractivity contribution in [2.75, 3.05) is 26.2 Å². The van der Waals surface area contributed by atoms with E-state index in [-0.39, 0.29) is 0 Å². The molecule has 1 saturated heterocycles. The Balaban J connectivity index is 1.78. The summed E-state index contributed by atoms with van der Waals surface area (Å²) >= 11 is 3.48. The number of hydrogen-bond acceptors (Lipinski definition) is 2. The Kier molecular flexibility index (Phi) is 5.25. The lowest BCUT2D eigenvalue weighted by Gasteiger charge is -2.30. The molecule has 1 unspecified atom stereocenters. The highest BCUT2D eigenvalue weighted by Crippen LogP contribution is 2.11. The molecule has 0 aromatic heterocycles. The Morgan fingerprint density at radius 2 is 2.33 bits per heavy atom. The smallest absolute Gasteiger partial charge is 0.0602 e. The van der Waals surface area contributed by atoms with Gasteiger partial charge in [0.2, 0.25) is 0 Å². The van der Waals surface area contributed by atoms with Gasteiger partial charge in [-0.25, -0.2) is 0 Å². The maximum Gasteiger partial charge on any atom is 0.0602 e. The van der Waals surface area contributed by atoms with Crippen LogP contribution in [-0.4, -0.2) is 37.1 Å². The van der Waals surface area contributed by atoms with Crippen LogP contribution in [0.4, 0.5) is 0 Å². The lowest BCUT2D eigenvalue weighted by molar-refractivity contribution is 0.229. The molecular weight excluding hydrogens is 288 g/mol. The maximum absolute atomic E-state index is 3.48. The monoisotopic (exact) mass is 306 g/mol. The van der Waals surface area contributed by atoms with Crippen molar-refractivity contribution in [2.24, 2.45) is 0 Å². The average molecular weight is 307 g/mol. The molecule has 3 heteroatoms. The molecule has 18 heavy (non-hydrogen) atoms. The average Bonchev–Trinajstić information content (AvgIpc) is 2.35. The Hall–Kier alpha value is -0.820. The van der Waals surface area contributed by atoms with Crippen LogP contribution < -0.4 is 5.32 Å². The van der Waals surface area contributed by atoms with Crippen LogP contribution in [0.25, 0.3) is 0 Å². The normalized spacial score (nSPS) is 20.2. The molecule has 2 nitrogen and oxygen atoms in total. The number of halogens is 1. The first-order chi connectivity index (χ1) is 8.74. The van der Waals surface area contributed by atoms with E-state index in [2.05, 4.69) is 63.1 Å². The molecule has 1 aromatic rings. The number of rotatable bonds is 2. The number of benzene rings is 1. The van der Waals surface area contributed by atoms with Gasteiger partial charge in [-0.05, 0) is 24.6 Å². The summed E-state index contributed by atoms with van der Waals surface area (Å²) in [7, 11) is 0. The molecule has 0 amide bonds. The van der Waals surface area contributed by atoms with Gasteiger partial charge in [-0.2, -0.15) is 0 Å². The predicted octanol–water partition coefficient (Wildman–Crippen LogP) is 2.29. The van der Waals surface area contributed by atoms with E-state index in [1.165, 1.54) is 5.56 Å². The number of nitrogens with zero attached hydrogens (tertiary/aromatic N) is 1. The summed E-state index contributed by atoms with van der Waals surface area (Å²) in [5.74, 6) is 6.53. The van der Waals surface area contributed by atoms with Gasteiger partial charge in [0, 0.05) is 36.6 Å². The van der Waals surface area contributed by atoms with E-state index in [4.69, 9.17) is 0 Å². The van der Waals surface area contributed by atoms with Gasteiger partial charge in [-0.15, -0.1) is 0 Å². The molecule has 0 saturated carbocycles. The van der Waals surface area contributed by atoms with Crippen molar-refractivity contribution >= 4 is 15.9 Å². The molecule has 1 atom stereocenters. The van der Waals surface area contributed by atoms with Gasteiger partial charge in [0.05, 0.1) is 6.54 Å². The Morgan fingerprint density at radius 3 is 3.11 bits per heavy atom. The molecule has 0 radical (unpaired) electrons. The van der Waals surface area contributed by atoms with E-state index in [1.54, 1.807) is 0 Å². The van der Waals surface area contributed by atoms with E-state index in [9.17, 15) is 0 Å². The van der Waals surface area contributed by atoms with Crippen molar-refractivity contribution in [1.82, 2.24) is 10.2 Å². The second kappa shape index (κ2) is 6.94. The van der Waals surface area contributed by atoms with Crippen LogP contribution in [0.2, 0.25) is 0 Å². The lowest BCUT2D eigenvalue weighted by atomic mass is 10.1. The maximum atomic E-state index is 3.48. The first-order valence-corrected chi connectivity index (χ1v) is 7.19. The van der Waals surface area contributed by atoms with E-state index >= 15 is 0 Å². The van der Waals surface area contributed by atoms with E-state index < -0.39 is 0 Å². The van der Waals surface area contributed by atoms with Gasteiger partial charge in [-0.3, -0.25) is 4.90 Å². The van der Waals surface area contributed by atoms with Gasteiger partial charge in [-0.1, -0.05) is 39.9 Å². The topological polar surface area (TPSA) is 15.3 Å². The third-order valence-corrected chi connectivity index (χ3v) is 3.56. The number of piperazine rings is 1. The zero-order valence-electron chi connectivity index (χ0n) is 10.7. The highest BCUT2D eigenvalue weighted by molar-refractivity contribution is 9.10. The molecule has 96 valence electrons. The summed E-state index contributed by atoms with van der Waals surface area (Å²) in [6, 6.07) is 8.93. The van der Waals surface area contributed by atoms with Gasteiger partial charge >= 0.3 is 0 Å². The van der Waals surface area contributed by atoms with Gasteiger partial charge < -0.3 is 5.32 Å². The molecule has 0 spiro atoms. The van der Waals surface area contributed by atoms with Crippen LogP contribution in [0, 0.1) is 11.8 Å². The van der Waals surface area contributed by atoms with E-state index in [0.29, 0.717) is 6.04 Å². The van der Waals surface area contributed by atoms with Crippen LogP contribution in [0.3, 0.4) is 0 Å². The summed E-state index contributed by atoms with van der Waals surface area (Å²) in [5, 5.41) is 3.44. The molecule has 0 aliphatic carbocycles. The third-order valence-electron chi connectivity index (χ3n) is 3.06. The highest BCUT2D eigenvalue weighted by Gasteiger charge is 2.13. The molecule has 1 N–H and O–H groups in total. The SMILES string of the molecule is CC1CN(CC#CCc2cccc(Br)c2)CCN1. The fourth-order valence-corrected chi connectivity index (χ4v) is 2.58. The van der Waals surface area contributed by atoms with E-state index in [0.717, 1.165) is 37.1 Å². The zero-order valence-corrected chi connectivity index (χ0v) is 12.3. The summed E-state index contributed by atoms with van der Waals surface area (Å²) in [6.07, 6.45) is 0.834. The molecule has 1 aromatic carbocycles. The van der Waals surface area contributed by atoms with Gasteiger partial charge in [0.1, 0.15) is 0 Å². The standard InChI is InChI=1S/C15H19BrN2/c1-13-12-18(10-8-17-13)9-3-2-5-14-6-4-7-15(16)11-14/h4,6-7,11,13,17H,5,8-10,12H2,1H3. The zero-order chi connectivity index (χ0) is 12.8. The first kappa shape index (κ1) is 13.6. The molecule has 1 aliphatic rings. The minimum absolute atomic E-state index is 0.589. The van der Waals surface area contributed by atoms with Crippen LogP contribution in [0.5, 0.6) is 0 Å². The van der Waals surface area contributed by atoms with Crippen molar-refractivity contribution in [1.29, 1.82) is 0 Å². The lowest BCUT2D eigenvalue weighted by Crippen LogP contribution is -2.49. The van der Waals surface area contributed by atoms with Crippen LogP contribution in [0.1, 0.15) is 12.5 Å². The largest absolute Gasteiger partial charge is 0.312 e. The van der Waals surface area contributed by atoms with Crippen molar-refractivity contribution in [3.8, 4) is 11.8 Å². The van der Waals surface area contributed by atoms with Crippen molar-refractivity contribution in [2.45, 2.75) is 19.4 Å². The Morgan fingerprint density at radius 1 is 1.44 bits per heavy atom. The van der Waals surface area contributed by atoms with Crippen LogP contribution >= 0.6 is 15.9 Å². The summed E-state index contributed by atoms with van der Waals surface area (Å²) in [6.45, 7) is 6.40. The number of nitrogens with one attached hydrogen (secondary N) is 1. The van der Waals surface area contributed by atoms with Crippen LogP contribution in [-0.2, 0) is 6.42 Å². The second-order valence-corrected chi connectivity index (χ2v) is 5.67. The molecule has 1 heterocycles. The number of hydrogen-bond donors (Lipinski definition) is 1. The first-order valence-electron chi connectivity index (χ1n) is 6.40.